The number of hydrogen-bond donors (Lipinski definition) is 2. The van der Waals surface area contributed by atoms with E-state index in [0.29, 0.717) is 34.9 Å². The van der Waals surface area contributed by atoms with E-state index in [1.165, 1.54) is 41.0 Å². The van der Waals surface area contributed by atoms with Crippen molar-refractivity contribution in [3.05, 3.63) is 62.5 Å². The first-order valence-electron chi connectivity index (χ1n) is 11.9. The molecular weight excluding hydrogens is 543 g/mol. The van der Waals surface area contributed by atoms with Crippen LogP contribution in [0.3, 0.4) is 0 Å². The number of aliphatic hydroxyl groups is 1. The number of benzene rings is 1. The molecule has 5 rings (SSSR count). The largest absolute Gasteiger partial charge is 0.466 e. The SMILES string of the molecule is COC(=O)C1=C(C2CCN(S(=O)(=O)C3CC(O)C3)CC2)NC(c2nccs2)=N[C@@H]1c1ccc(F)cc1Cl. The van der Waals surface area contributed by atoms with Gasteiger partial charge in [-0.25, -0.2) is 26.9 Å². The highest BCUT2D eigenvalue weighted by molar-refractivity contribution is 7.89. The van der Waals surface area contributed by atoms with Crippen LogP contribution in [0.25, 0.3) is 0 Å². The van der Waals surface area contributed by atoms with E-state index in [2.05, 4.69) is 10.3 Å². The van der Waals surface area contributed by atoms with Crippen LogP contribution in [0.4, 0.5) is 4.39 Å². The molecule has 3 aliphatic rings. The van der Waals surface area contributed by atoms with Crippen LogP contribution in [-0.4, -0.2) is 66.2 Å². The minimum Gasteiger partial charge on any atom is -0.466 e. The summed E-state index contributed by atoms with van der Waals surface area (Å²) in [6.45, 7) is 0.565. The third-order valence-corrected chi connectivity index (χ3v) is 10.5. The maximum atomic E-state index is 13.8. The lowest BCUT2D eigenvalue weighted by Crippen LogP contribution is -2.50. The zero-order chi connectivity index (χ0) is 26.3. The summed E-state index contributed by atoms with van der Waals surface area (Å²) in [5.41, 5.74) is 1.27. The lowest BCUT2D eigenvalue weighted by atomic mass is 9.86. The van der Waals surface area contributed by atoms with Crippen LogP contribution in [0.15, 0.2) is 46.0 Å². The van der Waals surface area contributed by atoms with Crippen LogP contribution >= 0.6 is 22.9 Å². The second-order valence-electron chi connectivity index (χ2n) is 9.29. The third kappa shape index (κ3) is 5.05. The fraction of sp³-hybridized carbons (Fsp3) is 0.458. The Morgan fingerprint density at radius 2 is 2.03 bits per heavy atom. The van der Waals surface area contributed by atoms with Gasteiger partial charge in [0.2, 0.25) is 10.0 Å². The fourth-order valence-corrected chi connectivity index (χ4v) is 7.94. The van der Waals surface area contributed by atoms with E-state index in [1.807, 2.05) is 0 Å². The van der Waals surface area contributed by atoms with Gasteiger partial charge in [0.25, 0.3) is 0 Å². The highest BCUT2D eigenvalue weighted by Gasteiger charge is 2.43. The summed E-state index contributed by atoms with van der Waals surface area (Å²) in [4.78, 5) is 22.2. The van der Waals surface area contributed by atoms with Gasteiger partial charge in [-0.3, -0.25) is 4.99 Å². The molecule has 0 bridgehead atoms. The maximum absolute atomic E-state index is 13.8. The number of esters is 1. The summed E-state index contributed by atoms with van der Waals surface area (Å²) < 4.78 is 46.4. The standard InChI is InChI=1S/C24H26ClFN4O5S2/c1-35-24(32)19-20(13-4-7-30(8-5-13)37(33,34)16-11-15(31)12-16)28-22(23-27-6-9-36-23)29-21(19)17-3-2-14(26)10-18(17)25/h2-3,6,9-10,13,15-16,21,31H,4-5,7-8,11-12H2,1H3,(H,28,29)/t15?,16?,21-/m1/s1. The number of hydrogen-bond acceptors (Lipinski definition) is 9. The summed E-state index contributed by atoms with van der Waals surface area (Å²) in [6.07, 6.45) is 2.53. The van der Waals surface area contributed by atoms with Crippen molar-refractivity contribution in [2.75, 3.05) is 20.2 Å². The lowest BCUT2D eigenvalue weighted by Gasteiger charge is -2.39. The quantitative estimate of drug-likeness (QED) is 0.514. The average Bonchev–Trinajstić information content (AvgIpc) is 3.41. The number of thiazole rings is 1. The monoisotopic (exact) mass is 568 g/mol. The molecule has 1 saturated heterocycles. The smallest absolute Gasteiger partial charge is 0.338 e. The first-order chi connectivity index (χ1) is 17.7. The number of amidine groups is 1. The van der Waals surface area contributed by atoms with E-state index >= 15 is 0 Å². The fourth-order valence-electron chi connectivity index (χ4n) is 5.01. The van der Waals surface area contributed by atoms with Crippen LogP contribution in [0.1, 0.15) is 42.3 Å². The molecule has 3 heterocycles. The molecule has 0 spiro atoms. The number of carbonyl (C=O) groups is 1. The van der Waals surface area contributed by atoms with Gasteiger partial charge in [0.1, 0.15) is 11.9 Å². The Kier molecular flexibility index (Phi) is 7.38. The van der Waals surface area contributed by atoms with Crippen molar-refractivity contribution in [1.82, 2.24) is 14.6 Å². The first-order valence-corrected chi connectivity index (χ1v) is 14.6. The van der Waals surface area contributed by atoms with E-state index in [-0.39, 0.29) is 42.4 Å². The van der Waals surface area contributed by atoms with E-state index in [4.69, 9.17) is 21.3 Å². The second kappa shape index (κ2) is 10.4. The van der Waals surface area contributed by atoms with Crippen molar-refractivity contribution in [3.63, 3.8) is 0 Å². The molecule has 13 heteroatoms. The highest BCUT2D eigenvalue weighted by atomic mass is 35.5. The maximum Gasteiger partial charge on any atom is 0.338 e. The van der Waals surface area contributed by atoms with Gasteiger partial charge in [-0.15, -0.1) is 11.3 Å². The molecule has 37 heavy (non-hydrogen) atoms. The van der Waals surface area contributed by atoms with Crippen LogP contribution < -0.4 is 5.32 Å². The Balaban J connectivity index is 1.50. The number of piperidine rings is 1. The van der Waals surface area contributed by atoms with Crippen molar-refractivity contribution in [2.24, 2.45) is 10.9 Å². The topological polar surface area (TPSA) is 121 Å². The van der Waals surface area contributed by atoms with Crippen LogP contribution in [0, 0.1) is 11.7 Å². The number of nitrogens with one attached hydrogen (secondary N) is 1. The number of methoxy groups -OCH3 is 1. The zero-order valence-corrected chi connectivity index (χ0v) is 22.3. The summed E-state index contributed by atoms with van der Waals surface area (Å²) in [5.74, 6) is -0.863. The van der Waals surface area contributed by atoms with Gasteiger partial charge in [0.05, 0.1) is 24.0 Å². The van der Waals surface area contributed by atoms with Crippen molar-refractivity contribution < 1.29 is 27.4 Å². The number of carbonyl (C=O) groups excluding carboxylic acids is 1. The van der Waals surface area contributed by atoms with Gasteiger partial charge in [0.15, 0.2) is 10.8 Å². The number of nitrogens with zero attached hydrogens (tertiary/aromatic N) is 3. The van der Waals surface area contributed by atoms with E-state index in [0.717, 1.165) is 0 Å². The summed E-state index contributed by atoms with van der Waals surface area (Å²) in [7, 11) is -2.22. The first kappa shape index (κ1) is 26.2. The molecule has 0 amide bonds. The number of rotatable bonds is 6. The molecule has 9 nitrogen and oxygen atoms in total. The summed E-state index contributed by atoms with van der Waals surface area (Å²) >= 11 is 7.77. The Morgan fingerprint density at radius 1 is 1.30 bits per heavy atom. The molecule has 1 atom stereocenters. The number of aliphatic hydroxyl groups excluding tert-OH is 1. The van der Waals surface area contributed by atoms with Crippen LogP contribution in [-0.2, 0) is 19.6 Å². The van der Waals surface area contributed by atoms with Crippen molar-refractivity contribution in [3.8, 4) is 0 Å². The van der Waals surface area contributed by atoms with Crippen molar-refractivity contribution in [1.29, 1.82) is 0 Å². The molecule has 2 aliphatic heterocycles. The van der Waals surface area contributed by atoms with Crippen LogP contribution in [0.5, 0.6) is 0 Å². The molecule has 0 unspecified atom stereocenters. The Bertz CT molecular complexity index is 1350. The molecule has 198 valence electrons. The molecule has 1 aromatic heterocycles. The van der Waals surface area contributed by atoms with E-state index < -0.39 is 39.2 Å². The number of allylic oxidation sites excluding steroid dienone is 1. The number of aromatic nitrogens is 1. The molecule has 1 saturated carbocycles. The summed E-state index contributed by atoms with van der Waals surface area (Å²) in [6, 6.07) is 3.07. The highest BCUT2D eigenvalue weighted by Crippen LogP contribution is 2.40. The van der Waals surface area contributed by atoms with Crippen molar-refractivity contribution >= 4 is 44.8 Å². The van der Waals surface area contributed by atoms with E-state index in [1.54, 1.807) is 11.6 Å². The Labute approximate surface area is 223 Å². The molecule has 1 aliphatic carbocycles. The van der Waals surface area contributed by atoms with Gasteiger partial charge >= 0.3 is 5.97 Å². The Morgan fingerprint density at radius 3 is 2.62 bits per heavy atom. The van der Waals surface area contributed by atoms with Gasteiger partial charge in [0, 0.05) is 46.9 Å². The molecule has 2 N–H and O–H groups in total. The van der Waals surface area contributed by atoms with Gasteiger partial charge in [-0.05, 0) is 37.8 Å². The average molecular weight is 569 g/mol. The minimum absolute atomic E-state index is 0.124. The number of sulfonamides is 1. The molecular formula is C24H26ClFN4O5S2. The third-order valence-electron chi connectivity index (χ3n) is 7.09. The minimum atomic E-state index is -3.50. The molecule has 1 aromatic carbocycles. The predicted molar refractivity (Wildman–Crippen MR) is 137 cm³/mol. The predicted octanol–water partition coefficient (Wildman–Crippen LogP) is 3.02. The molecule has 2 aromatic rings. The number of ether oxygens (including phenoxy) is 1. The second-order valence-corrected chi connectivity index (χ2v) is 12.8. The zero-order valence-electron chi connectivity index (χ0n) is 19.9. The van der Waals surface area contributed by atoms with Crippen molar-refractivity contribution in [2.45, 2.75) is 43.1 Å². The van der Waals surface area contributed by atoms with Crippen LogP contribution in [0.2, 0.25) is 5.02 Å². The molecule has 2 fully saturated rings. The normalized spacial score (nSPS) is 25.3. The van der Waals surface area contributed by atoms with Gasteiger partial charge in [-0.1, -0.05) is 17.7 Å². The van der Waals surface area contributed by atoms with E-state index in [9.17, 15) is 22.7 Å². The number of aliphatic imine (C=N–C) groups is 1. The summed E-state index contributed by atoms with van der Waals surface area (Å²) in [5, 5.41) is 14.8. The molecule has 0 radical (unpaired) electrons. The van der Waals surface area contributed by atoms with Gasteiger partial charge < -0.3 is 15.2 Å². The number of halogens is 2. The lowest BCUT2D eigenvalue weighted by molar-refractivity contribution is -0.136. The Hall–Kier alpha value is -2.38. The van der Waals surface area contributed by atoms with Gasteiger partial charge in [-0.2, -0.15) is 0 Å².